The van der Waals surface area contributed by atoms with E-state index in [-0.39, 0.29) is 35.8 Å². The van der Waals surface area contributed by atoms with Crippen molar-refractivity contribution in [3.8, 4) is 11.1 Å². The molecule has 1 aliphatic carbocycles. The van der Waals surface area contributed by atoms with Crippen LogP contribution in [0.5, 0.6) is 0 Å². The van der Waals surface area contributed by atoms with E-state index in [2.05, 4.69) is 72.3 Å². The number of nitrogens with one attached hydrogen (secondary N) is 2. The van der Waals surface area contributed by atoms with E-state index < -0.39 is 0 Å². The van der Waals surface area contributed by atoms with Crippen molar-refractivity contribution in [3.63, 3.8) is 0 Å². The van der Waals surface area contributed by atoms with Crippen molar-refractivity contribution < 1.29 is 14.7 Å². The van der Waals surface area contributed by atoms with Gasteiger partial charge in [-0.1, -0.05) is 13.0 Å². The van der Waals surface area contributed by atoms with Crippen LogP contribution in [0.3, 0.4) is 0 Å². The minimum atomic E-state index is -0.235. The van der Waals surface area contributed by atoms with Crippen molar-refractivity contribution in [2.45, 2.75) is 90.6 Å². The second-order valence-corrected chi connectivity index (χ2v) is 13.7. The highest BCUT2D eigenvalue weighted by atomic mass is 16.3. The molecular weight excluding hydrogens is 552 g/mol. The first-order chi connectivity index (χ1) is 21.0. The normalized spacial score (nSPS) is 26.3. The van der Waals surface area contributed by atoms with E-state index >= 15 is 0 Å². The van der Waals surface area contributed by atoms with E-state index in [0.717, 1.165) is 60.4 Å². The molecule has 2 aliphatic heterocycles. The summed E-state index contributed by atoms with van der Waals surface area (Å²) in [6.45, 7) is 11.7. The molecule has 3 unspecified atom stereocenters. The van der Waals surface area contributed by atoms with Crippen molar-refractivity contribution >= 4 is 17.5 Å². The van der Waals surface area contributed by atoms with E-state index in [1.807, 2.05) is 25.3 Å². The lowest BCUT2D eigenvalue weighted by Crippen LogP contribution is -2.50. The molecule has 0 radical (unpaired) electrons. The number of pyridine rings is 1. The summed E-state index contributed by atoms with van der Waals surface area (Å²) < 4.78 is 0. The molecule has 2 saturated heterocycles. The van der Waals surface area contributed by atoms with Gasteiger partial charge in [-0.25, -0.2) is 0 Å². The number of hydrogen-bond acceptors (Lipinski definition) is 7. The molecule has 1 aromatic heterocycles. The van der Waals surface area contributed by atoms with E-state index in [4.69, 9.17) is 4.98 Å². The maximum absolute atomic E-state index is 13.9. The molecule has 240 valence electrons. The van der Waals surface area contributed by atoms with E-state index in [1.165, 1.54) is 12.8 Å². The Balaban J connectivity index is 1.42. The Labute approximate surface area is 263 Å². The molecular formula is C35H52N6O3. The lowest BCUT2D eigenvalue weighted by Gasteiger charge is -2.40. The molecule has 9 nitrogen and oxygen atoms in total. The Bertz CT molecular complexity index is 1300. The highest BCUT2D eigenvalue weighted by molar-refractivity contribution is 5.99. The number of nitrogens with zero attached hydrogens (tertiary/aromatic N) is 4. The number of benzene rings is 1. The van der Waals surface area contributed by atoms with Crippen LogP contribution in [0.4, 0.5) is 5.69 Å². The van der Waals surface area contributed by atoms with E-state index in [0.29, 0.717) is 37.3 Å². The monoisotopic (exact) mass is 604 g/mol. The number of rotatable bonds is 10. The predicted molar refractivity (Wildman–Crippen MR) is 176 cm³/mol. The topological polar surface area (TPSA) is 101 Å². The van der Waals surface area contributed by atoms with Gasteiger partial charge in [0, 0.05) is 73.9 Å². The number of likely N-dealkylation sites (tertiary alicyclic amines) is 1. The highest BCUT2D eigenvalue weighted by Crippen LogP contribution is 2.36. The lowest BCUT2D eigenvalue weighted by atomic mass is 9.84. The number of carbonyl (C=O) groups is 2. The maximum atomic E-state index is 13.9. The Morgan fingerprint density at radius 2 is 1.80 bits per heavy atom. The molecule has 9 heteroatoms. The van der Waals surface area contributed by atoms with Gasteiger partial charge < -0.3 is 25.5 Å². The van der Waals surface area contributed by atoms with Crippen LogP contribution < -0.4 is 15.5 Å². The number of β-amino-alcohol motifs (C(OH)–C–C–N with tert-alkyl or cyclic N) is 1. The molecule has 3 heterocycles. The molecule has 5 rings (SSSR count). The van der Waals surface area contributed by atoms with Crippen LogP contribution in [0.15, 0.2) is 30.5 Å². The van der Waals surface area contributed by atoms with Crippen LogP contribution in [0.25, 0.3) is 11.1 Å². The van der Waals surface area contributed by atoms with Crippen molar-refractivity contribution in [1.82, 2.24) is 25.4 Å². The number of aliphatic hydroxyl groups is 1. The minimum Gasteiger partial charge on any atom is -0.390 e. The van der Waals surface area contributed by atoms with Gasteiger partial charge in [-0.15, -0.1) is 0 Å². The van der Waals surface area contributed by atoms with Gasteiger partial charge in [-0.3, -0.25) is 19.5 Å². The molecule has 2 amide bonds. The zero-order chi connectivity index (χ0) is 31.5. The van der Waals surface area contributed by atoms with Crippen molar-refractivity contribution in [2.24, 2.45) is 11.8 Å². The van der Waals surface area contributed by atoms with Crippen LogP contribution in [0, 0.1) is 18.8 Å². The summed E-state index contributed by atoms with van der Waals surface area (Å²) in [5.41, 5.74) is 5.61. The third-order valence-corrected chi connectivity index (χ3v) is 10.2. The third-order valence-electron chi connectivity index (χ3n) is 10.2. The molecule has 1 aromatic carbocycles. The van der Waals surface area contributed by atoms with Gasteiger partial charge in [-0.2, -0.15) is 0 Å². The summed E-state index contributed by atoms with van der Waals surface area (Å²) in [5, 5.41) is 15.8. The summed E-state index contributed by atoms with van der Waals surface area (Å²) >= 11 is 0. The first kappa shape index (κ1) is 32.4. The number of amides is 2. The molecule has 0 spiro atoms. The first-order valence-corrected chi connectivity index (χ1v) is 16.6. The quantitative estimate of drug-likeness (QED) is 0.379. The van der Waals surface area contributed by atoms with Crippen LogP contribution in [0.1, 0.15) is 74.5 Å². The smallest absolute Gasteiger partial charge is 0.251 e. The molecule has 2 aromatic rings. The fourth-order valence-electron chi connectivity index (χ4n) is 7.48. The number of piperidine rings is 1. The number of aliphatic hydroxyl groups excluding tert-OH is 1. The Morgan fingerprint density at radius 3 is 2.39 bits per heavy atom. The van der Waals surface area contributed by atoms with Crippen molar-refractivity contribution in [2.75, 3.05) is 45.2 Å². The van der Waals surface area contributed by atoms with Crippen LogP contribution in [0.2, 0.25) is 0 Å². The van der Waals surface area contributed by atoms with Crippen LogP contribution in [-0.2, 0) is 11.3 Å². The largest absolute Gasteiger partial charge is 0.390 e. The second-order valence-electron chi connectivity index (χ2n) is 13.7. The molecule has 3 fully saturated rings. The lowest BCUT2D eigenvalue weighted by molar-refractivity contribution is -0.129. The number of hydrogen-bond donors (Lipinski definition) is 3. The summed E-state index contributed by atoms with van der Waals surface area (Å²) in [7, 11) is 4.34. The predicted octanol–water partition coefficient (Wildman–Crippen LogP) is 3.82. The van der Waals surface area contributed by atoms with Crippen molar-refractivity contribution in [3.05, 3.63) is 47.3 Å². The molecule has 3 atom stereocenters. The van der Waals surface area contributed by atoms with Crippen molar-refractivity contribution in [1.29, 1.82) is 0 Å². The fraction of sp³-hybridized carbons (Fsp3) is 0.629. The second kappa shape index (κ2) is 14.0. The van der Waals surface area contributed by atoms with Gasteiger partial charge in [0.15, 0.2) is 0 Å². The fourth-order valence-corrected chi connectivity index (χ4v) is 7.48. The Kier molecular flexibility index (Phi) is 10.3. The molecule has 3 N–H and O–H groups in total. The van der Waals surface area contributed by atoms with Gasteiger partial charge in [0.05, 0.1) is 17.7 Å². The summed E-state index contributed by atoms with van der Waals surface area (Å²) in [6, 6.07) is 9.55. The van der Waals surface area contributed by atoms with Crippen LogP contribution in [-0.4, -0.2) is 96.2 Å². The molecule has 44 heavy (non-hydrogen) atoms. The average molecular weight is 605 g/mol. The van der Waals surface area contributed by atoms with Gasteiger partial charge in [0.1, 0.15) is 0 Å². The van der Waals surface area contributed by atoms with Gasteiger partial charge in [0.2, 0.25) is 5.91 Å². The average Bonchev–Trinajstić information content (AvgIpc) is 2.97. The van der Waals surface area contributed by atoms with E-state index in [1.54, 1.807) is 0 Å². The van der Waals surface area contributed by atoms with Gasteiger partial charge >= 0.3 is 0 Å². The SMILES string of the molecule is CCN(c1cc(-c2ccc(CN3CC(O)C3)nc2)cc(C(=O)NCC2C(=O)NC(C)CC2C)c1C)C1CCC(N(C)C)CC1. The number of aromatic nitrogens is 1. The van der Waals surface area contributed by atoms with Gasteiger partial charge in [-0.05, 0) is 102 Å². The highest BCUT2D eigenvalue weighted by Gasteiger charge is 2.33. The standard InChI is InChI=1S/C35H52N6O3/c1-7-41(29-12-10-28(11-13-29)39(5)6)33-16-26(25-8-9-27(36-17-25)19-40-20-30(42)21-40)15-31(24(33)4)34(43)37-18-32-22(2)14-23(3)38-35(32)44/h8-9,15-17,22-23,28-30,32,42H,7,10-14,18-21H2,1-6H3,(H,37,43)(H,38,44). The first-order valence-electron chi connectivity index (χ1n) is 16.6. The number of carbonyl (C=O) groups excluding carboxylic acids is 2. The maximum Gasteiger partial charge on any atom is 0.251 e. The third kappa shape index (κ3) is 7.27. The Hall–Kier alpha value is -3.01. The minimum absolute atomic E-state index is 0.0205. The molecule has 0 bridgehead atoms. The number of anilines is 1. The van der Waals surface area contributed by atoms with Crippen LogP contribution >= 0.6 is 0 Å². The van der Waals surface area contributed by atoms with Gasteiger partial charge in [0.25, 0.3) is 5.91 Å². The zero-order valence-corrected chi connectivity index (χ0v) is 27.5. The Morgan fingerprint density at radius 1 is 1.09 bits per heavy atom. The zero-order valence-electron chi connectivity index (χ0n) is 27.5. The van der Waals surface area contributed by atoms with E-state index in [9.17, 15) is 14.7 Å². The molecule has 1 saturated carbocycles. The summed E-state index contributed by atoms with van der Waals surface area (Å²) in [5.74, 6) is -0.148. The molecule has 3 aliphatic rings. The summed E-state index contributed by atoms with van der Waals surface area (Å²) in [6.07, 6.45) is 7.15. The summed E-state index contributed by atoms with van der Waals surface area (Å²) in [4.78, 5) is 38.4.